The molecule has 96 valence electrons. The van der Waals surface area contributed by atoms with Gasteiger partial charge in [0.1, 0.15) is 5.92 Å². The van der Waals surface area contributed by atoms with Crippen LogP contribution in [0.5, 0.6) is 0 Å². The third-order valence-electron chi connectivity index (χ3n) is 2.08. The Morgan fingerprint density at radius 1 is 1.44 bits per heavy atom. The molecule has 0 saturated carbocycles. The van der Waals surface area contributed by atoms with Crippen LogP contribution in [0.15, 0.2) is 22.7 Å². The largest absolute Gasteiger partial charge is 0.416 e. The number of hydrogen-bond acceptors (Lipinski definition) is 2. The van der Waals surface area contributed by atoms with Crippen LogP contribution in [0.2, 0.25) is 0 Å². The number of hydrogen-bond donors (Lipinski definition) is 1. The monoisotopic (exact) mass is 320 g/mol. The van der Waals surface area contributed by atoms with Gasteiger partial charge in [0, 0.05) is 10.2 Å². The molecule has 18 heavy (non-hydrogen) atoms. The van der Waals surface area contributed by atoms with Gasteiger partial charge in [-0.25, -0.2) is 0 Å². The molecule has 1 amide bonds. The zero-order valence-corrected chi connectivity index (χ0v) is 10.8. The zero-order chi connectivity index (χ0) is 13.9. The van der Waals surface area contributed by atoms with E-state index in [4.69, 9.17) is 5.26 Å². The Kier molecular flexibility index (Phi) is 4.35. The number of nitrogens with zero attached hydrogens (tertiary/aromatic N) is 1. The second-order valence-electron chi connectivity index (χ2n) is 3.57. The molecule has 0 fully saturated rings. The summed E-state index contributed by atoms with van der Waals surface area (Å²) in [4.78, 5) is 11.4. The second kappa shape index (κ2) is 5.40. The van der Waals surface area contributed by atoms with Crippen LogP contribution in [0.3, 0.4) is 0 Å². The fraction of sp³-hybridized carbons (Fsp3) is 0.273. The predicted octanol–water partition coefficient (Wildman–Crippen LogP) is 3.57. The molecule has 7 heteroatoms. The summed E-state index contributed by atoms with van der Waals surface area (Å²) in [5, 5.41) is 10.8. The molecule has 0 aliphatic heterocycles. The number of alkyl halides is 3. The first-order chi connectivity index (χ1) is 8.24. The van der Waals surface area contributed by atoms with Crippen LogP contribution < -0.4 is 5.32 Å². The van der Waals surface area contributed by atoms with E-state index in [1.807, 2.05) is 0 Å². The first-order valence-electron chi connectivity index (χ1n) is 4.82. The third kappa shape index (κ3) is 3.74. The van der Waals surface area contributed by atoms with E-state index in [9.17, 15) is 18.0 Å². The topological polar surface area (TPSA) is 52.9 Å². The molecule has 1 aromatic rings. The molecule has 0 aliphatic rings. The highest BCUT2D eigenvalue weighted by atomic mass is 79.9. The summed E-state index contributed by atoms with van der Waals surface area (Å²) in [6.07, 6.45) is -4.50. The van der Waals surface area contributed by atoms with Crippen LogP contribution in [-0.2, 0) is 11.0 Å². The zero-order valence-electron chi connectivity index (χ0n) is 9.18. The normalized spacial score (nSPS) is 12.7. The van der Waals surface area contributed by atoms with Gasteiger partial charge < -0.3 is 5.32 Å². The summed E-state index contributed by atoms with van der Waals surface area (Å²) >= 11 is 2.93. The van der Waals surface area contributed by atoms with Crippen LogP contribution in [0.25, 0.3) is 0 Å². The van der Waals surface area contributed by atoms with E-state index in [-0.39, 0.29) is 10.2 Å². The molecule has 1 atom stereocenters. The SMILES string of the molecule is CC(C#N)C(=O)Nc1cc(Br)cc(C(F)(F)F)c1. The Morgan fingerprint density at radius 3 is 2.56 bits per heavy atom. The molecule has 0 aromatic heterocycles. The molecule has 0 radical (unpaired) electrons. The van der Waals surface area contributed by atoms with Crippen molar-refractivity contribution in [3.8, 4) is 6.07 Å². The minimum Gasteiger partial charge on any atom is -0.325 e. The van der Waals surface area contributed by atoms with Gasteiger partial charge in [-0.2, -0.15) is 18.4 Å². The molecule has 0 heterocycles. The average Bonchev–Trinajstić information content (AvgIpc) is 2.25. The summed E-state index contributed by atoms with van der Waals surface area (Å²) in [5.41, 5.74) is -0.888. The lowest BCUT2D eigenvalue weighted by Crippen LogP contribution is -2.19. The highest BCUT2D eigenvalue weighted by Gasteiger charge is 2.31. The predicted molar refractivity (Wildman–Crippen MR) is 62.6 cm³/mol. The second-order valence-corrected chi connectivity index (χ2v) is 4.48. The van der Waals surface area contributed by atoms with Gasteiger partial charge >= 0.3 is 6.18 Å². The number of carbonyl (C=O) groups is 1. The van der Waals surface area contributed by atoms with Crippen LogP contribution in [0.4, 0.5) is 18.9 Å². The first kappa shape index (κ1) is 14.5. The van der Waals surface area contributed by atoms with E-state index in [0.29, 0.717) is 0 Å². The molecule has 0 saturated heterocycles. The van der Waals surface area contributed by atoms with Gasteiger partial charge in [-0.05, 0) is 25.1 Å². The standard InChI is InChI=1S/C11H8BrF3N2O/c1-6(5-16)10(18)17-9-3-7(11(13,14)15)2-8(12)4-9/h2-4,6H,1H3,(H,17,18). The minimum atomic E-state index is -4.50. The lowest BCUT2D eigenvalue weighted by Gasteiger charge is -2.11. The van der Waals surface area contributed by atoms with Gasteiger partial charge in [-0.3, -0.25) is 4.79 Å². The summed E-state index contributed by atoms with van der Waals surface area (Å²) in [6, 6.07) is 4.75. The molecule has 0 spiro atoms. The molecular formula is C11H8BrF3N2O. The highest BCUT2D eigenvalue weighted by Crippen LogP contribution is 2.33. The number of halogens is 4. The van der Waals surface area contributed by atoms with Crippen molar-refractivity contribution in [2.75, 3.05) is 5.32 Å². The van der Waals surface area contributed by atoms with Gasteiger partial charge in [-0.1, -0.05) is 15.9 Å². The molecule has 0 bridgehead atoms. The molecule has 3 nitrogen and oxygen atoms in total. The lowest BCUT2D eigenvalue weighted by molar-refractivity contribution is -0.137. The molecule has 1 unspecified atom stereocenters. The summed E-state index contributed by atoms with van der Waals surface area (Å²) < 4.78 is 37.8. The van der Waals surface area contributed by atoms with Gasteiger partial charge in [0.25, 0.3) is 0 Å². The third-order valence-corrected chi connectivity index (χ3v) is 2.54. The fourth-order valence-corrected chi connectivity index (χ4v) is 1.63. The summed E-state index contributed by atoms with van der Waals surface area (Å²) in [6.45, 7) is 1.36. The van der Waals surface area contributed by atoms with Gasteiger partial charge in [0.05, 0.1) is 11.6 Å². The van der Waals surface area contributed by atoms with E-state index in [2.05, 4.69) is 21.2 Å². The Morgan fingerprint density at radius 2 is 2.06 bits per heavy atom. The average molecular weight is 321 g/mol. The number of benzene rings is 1. The number of rotatable bonds is 2. The van der Waals surface area contributed by atoms with E-state index in [1.54, 1.807) is 6.07 Å². The van der Waals surface area contributed by atoms with Crippen molar-refractivity contribution in [2.45, 2.75) is 13.1 Å². The number of anilines is 1. The molecular weight excluding hydrogens is 313 g/mol. The van der Waals surface area contributed by atoms with Crippen molar-refractivity contribution in [1.29, 1.82) is 5.26 Å². The van der Waals surface area contributed by atoms with Crippen LogP contribution >= 0.6 is 15.9 Å². The fourth-order valence-electron chi connectivity index (χ4n) is 1.13. The first-order valence-corrected chi connectivity index (χ1v) is 5.61. The number of amides is 1. The lowest BCUT2D eigenvalue weighted by atomic mass is 10.1. The van der Waals surface area contributed by atoms with E-state index in [1.165, 1.54) is 13.0 Å². The highest BCUT2D eigenvalue weighted by molar-refractivity contribution is 9.10. The van der Waals surface area contributed by atoms with Crippen molar-refractivity contribution in [1.82, 2.24) is 0 Å². The summed E-state index contributed by atoms with van der Waals surface area (Å²) in [5.74, 6) is -1.58. The Hall–Kier alpha value is -1.55. The number of nitriles is 1. The van der Waals surface area contributed by atoms with Crippen LogP contribution in [0.1, 0.15) is 12.5 Å². The Labute approximate surface area is 110 Å². The minimum absolute atomic E-state index is 0.0104. The maximum Gasteiger partial charge on any atom is 0.416 e. The van der Waals surface area contributed by atoms with Crippen molar-refractivity contribution in [3.05, 3.63) is 28.2 Å². The maximum absolute atomic E-state index is 12.5. The van der Waals surface area contributed by atoms with Gasteiger partial charge in [-0.15, -0.1) is 0 Å². The smallest absolute Gasteiger partial charge is 0.325 e. The molecule has 1 aromatic carbocycles. The van der Waals surface area contributed by atoms with Crippen molar-refractivity contribution < 1.29 is 18.0 Å². The van der Waals surface area contributed by atoms with Crippen molar-refractivity contribution in [3.63, 3.8) is 0 Å². The Balaban J connectivity index is 3.02. The van der Waals surface area contributed by atoms with E-state index >= 15 is 0 Å². The van der Waals surface area contributed by atoms with Crippen LogP contribution in [0, 0.1) is 17.2 Å². The van der Waals surface area contributed by atoms with E-state index in [0.717, 1.165) is 12.1 Å². The molecule has 0 aliphatic carbocycles. The van der Waals surface area contributed by atoms with E-state index < -0.39 is 23.6 Å². The number of nitrogens with one attached hydrogen (secondary N) is 1. The van der Waals surface area contributed by atoms with Crippen molar-refractivity contribution >= 4 is 27.5 Å². The summed E-state index contributed by atoms with van der Waals surface area (Å²) in [7, 11) is 0. The van der Waals surface area contributed by atoms with Crippen molar-refractivity contribution in [2.24, 2.45) is 5.92 Å². The van der Waals surface area contributed by atoms with Gasteiger partial charge in [0.2, 0.25) is 5.91 Å². The number of carbonyl (C=O) groups excluding carboxylic acids is 1. The Bertz CT molecular complexity index is 508. The molecule has 1 N–H and O–H groups in total. The van der Waals surface area contributed by atoms with Crippen LogP contribution in [-0.4, -0.2) is 5.91 Å². The quantitative estimate of drug-likeness (QED) is 0.905. The molecule has 1 rings (SSSR count). The maximum atomic E-state index is 12.5. The van der Waals surface area contributed by atoms with Gasteiger partial charge in [0.15, 0.2) is 0 Å².